The van der Waals surface area contributed by atoms with Crippen LogP contribution in [-0.2, 0) is 25.6 Å². The molecule has 34 heavy (non-hydrogen) atoms. The van der Waals surface area contributed by atoms with Gasteiger partial charge in [-0.05, 0) is 45.6 Å². The molecule has 9 nitrogen and oxygen atoms in total. The molecule has 0 aromatic heterocycles. The summed E-state index contributed by atoms with van der Waals surface area (Å²) in [6.07, 6.45) is 1.45. The van der Waals surface area contributed by atoms with Crippen LogP contribution in [0.2, 0.25) is 0 Å². The van der Waals surface area contributed by atoms with Crippen molar-refractivity contribution in [3.05, 3.63) is 35.9 Å². The van der Waals surface area contributed by atoms with Crippen LogP contribution in [0.25, 0.3) is 0 Å². The van der Waals surface area contributed by atoms with E-state index < -0.39 is 11.7 Å². The first-order valence-electron chi connectivity index (χ1n) is 11.8. The monoisotopic (exact) mass is 473 g/mol. The predicted molar refractivity (Wildman–Crippen MR) is 124 cm³/mol. The summed E-state index contributed by atoms with van der Waals surface area (Å²) >= 11 is 0. The average molecular weight is 474 g/mol. The molecule has 4 aliphatic rings. The van der Waals surface area contributed by atoms with Crippen molar-refractivity contribution < 1.29 is 28.6 Å². The van der Waals surface area contributed by atoms with E-state index in [-0.39, 0.29) is 35.7 Å². The van der Waals surface area contributed by atoms with Crippen LogP contribution >= 0.6 is 0 Å². The van der Waals surface area contributed by atoms with Gasteiger partial charge in [-0.25, -0.2) is 9.59 Å². The molecule has 2 bridgehead atoms. The summed E-state index contributed by atoms with van der Waals surface area (Å²) in [6, 6.07) is 9.27. The van der Waals surface area contributed by atoms with E-state index in [0.29, 0.717) is 26.2 Å². The molecule has 1 atom stereocenters. The molecule has 1 N–H and O–H groups in total. The standard InChI is InChI=1S/C25H35N3O6/c1-23(2,3)34-22(31)28-11-10-27(21(30)33-14-18-8-6-5-7-9-18)13-19(28)12-26-25-15-24(16-25,17-25)20(29)32-4/h5-9,19,26H,10-17H2,1-4H3/t19-,24?,25?/m1/s1. The topological polar surface area (TPSA) is 97.4 Å². The molecule has 2 amide bonds. The molecule has 9 heteroatoms. The molecule has 5 rings (SSSR count). The van der Waals surface area contributed by atoms with Crippen molar-refractivity contribution in [2.75, 3.05) is 33.3 Å². The van der Waals surface area contributed by atoms with Crippen LogP contribution < -0.4 is 5.32 Å². The molecule has 1 aromatic carbocycles. The van der Waals surface area contributed by atoms with E-state index >= 15 is 0 Å². The number of rotatable bonds is 6. The van der Waals surface area contributed by atoms with Gasteiger partial charge in [-0.3, -0.25) is 4.79 Å². The molecule has 3 saturated carbocycles. The first-order valence-corrected chi connectivity index (χ1v) is 11.8. The van der Waals surface area contributed by atoms with Crippen LogP contribution in [0.5, 0.6) is 0 Å². The van der Waals surface area contributed by atoms with E-state index in [1.165, 1.54) is 7.11 Å². The highest BCUT2D eigenvalue weighted by Gasteiger charge is 2.72. The summed E-state index contributed by atoms with van der Waals surface area (Å²) in [7, 11) is 1.43. The summed E-state index contributed by atoms with van der Waals surface area (Å²) < 4.78 is 16.1. The molecule has 1 saturated heterocycles. The quantitative estimate of drug-likeness (QED) is 0.501. The number of nitrogens with zero attached hydrogens (tertiary/aromatic N) is 2. The van der Waals surface area contributed by atoms with Gasteiger partial charge in [0.25, 0.3) is 0 Å². The smallest absolute Gasteiger partial charge is 0.410 e. The third kappa shape index (κ3) is 4.99. The van der Waals surface area contributed by atoms with Crippen LogP contribution in [0.1, 0.15) is 45.6 Å². The number of nitrogens with one attached hydrogen (secondary N) is 1. The van der Waals surface area contributed by atoms with Gasteiger partial charge >= 0.3 is 18.2 Å². The highest BCUT2D eigenvalue weighted by atomic mass is 16.6. The van der Waals surface area contributed by atoms with Gasteiger partial charge in [0.2, 0.25) is 0 Å². The fourth-order valence-corrected chi connectivity index (χ4v) is 5.31. The fourth-order valence-electron chi connectivity index (χ4n) is 5.31. The lowest BCUT2D eigenvalue weighted by molar-refractivity contribution is -0.202. The molecule has 1 aromatic rings. The number of amides is 2. The Labute approximate surface area is 200 Å². The Kier molecular flexibility index (Phi) is 6.50. The van der Waals surface area contributed by atoms with Gasteiger partial charge in [-0.2, -0.15) is 0 Å². The van der Waals surface area contributed by atoms with Crippen LogP contribution in [0, 0.1) is 5.41 Å². The lowest BCUT2D eigenvalue weighted by atomic mass is 9.39. The Morgan fingerprint density at radius 2 is 1.74 bits per heavy atom. The number of carbonyl (C=O) groups excluding carboxylic acids is 3. The summed E-state index contributed by atoms with van der Waals surface area (Å²) in [5.41, 5.74) is -0.123. The van der Waals surface area contributed by atoms with Crippen LogP contribution in [0.15, 0.2) is 30.3 Å². The minimum atomic E-state index is -0.610. The highest BCUT2D eigenvalue weighted by Crippen LogP contribution is 2.67. The van der Waals surface area contributed by atoms with Gasteiger partial charge in [-0.1, -0.05) is 30.3 Å². The molecular weight excluding hydrogens is 438 g/mol. The summed E-state index contributed by atoms with van der Waals surface area (Å²) in [5, 5.41) is 3.56. The molecule has 4 fully saturated rings. The van der Waals surface area contributed by atoms with Gasteiger partial charge in [0.05, 0.1) is 18.6 Å². The second-order valence-electron chi connectivity index (χ2n) is 10.8. The zero-order valence-corrected chi connectivity index (χ0v) is 20.5. The fraction of sp³-hybridized carbons (Fsp3) is 0.640. The Bertz CT molecular complexity index is 909. The maximum Gasteiger partial charge on any atom is 0.410 e. The van der Waals surface area contributed by atoms with Gasteiger partial charge in [-0.15, -0.1) is 0 Å². The van der Waals surface area contributed by atoms with Gasteiger partial charge in [0.1, 0.15) is 12.2 Å². The predicted octanol–water partition coefficient (Wildman–Crippen LogP) is 2.93. The largest absolute Gasteiger partial charge is 0.469 e. The second-order valence-corrected chi connectivity index (χ2v) is 10.8. The lowest BCUT2D eigenvalue weighted by Crippen LogP contribution is -2.77. The minimum Gasteiger partial charge on any atom is -0.469 e. The summed E-state index contributed by atoms with van der Waals surface area (Å²) in [6.45, 7) is 7.29. The van der Waals surface area contributed by atoms with Gasteiger partial charge in [0, 0.05) is 31.7 Å². The van der Waals surface area contributed by atoms with Crippen molar-refractivity contribution in [1.29, 1.82) is 0 Å². The molecule has 3 aliphatic carbocycles. The molecule has 1 aliphatic heterocycles. The van der Waals surface area contributed by atoms with Crippen molar-refractivity contribution >= 4 is 18.2 Å². The van der Waals surface area contributed by atoms with E-state index in [4.69, 9.17) is 14.2 Å². The minimum absolute atomic E-state index is 0.0934. The average Bonchev–Trinajstić information content (AvgIpc) is 2.74. The number of hydrogen-bond donors (Lipinski definition) is 1. The SMILES string of the molecule is COC(=O)C12CC(NC[C@@H]3CN(C(=O)OCc4ccccc4)CCN3C(=O)OC(C)(C)C)(C1)C2. The van der Waals surface area contributed by atoms with E-state index in [1.54, 1.807) is 9.80 Å². The maximum atomic E-state index is 12.9. The Hall–Kier alpha value is -2.81. The van der Waals surface area contributed by atoms with Crippen LogP contribution in [0.3, 0.4) is 0 Å². The Morgan fingerprint density at radius 1 is 1.06 bits per heavy atom. The van der Waals surface area contributed by atoms with Crippen molar-refractivity contribution in [2.24, 2.45) is 5.41 Å². The van der Waals surface area contributed by atoms with Crippen molar-refractivity contribution in [3.63, 3.8) is 0 Å². The van der Waals surface area contributed by atoms with Crippen LogP contribution in [-0.4, -0.2) is 78.4 Å². The molecule has 0 spiro atoms. The lowest BCUT2D eigenvalue weighted by Gasteiger charge is -2.69. The first kappa shape index (κ1) is 24.3. The number of benzene rings is 1. The molecule has 1 heterocycles. The molecule has 0 unspecified atom stereocenters. The van der Waals surface area contributed by atoms with E-state index in [9.17, 15) is 14.4 Å². The highest BCUT2D eigenvalue weighted by molar-refractivity contribution is 5.82. The Morgan fingerprint density at radius 3 is 2.35 bits per heavy atom. The number of carbonyl (C=O) groups is 3. The van der Waals surface area contributed by atoms with Gasteiger partial charge < -0.3 is 29.3 Å². The number of ether oxygens (including phenoxy) is 3. The van der Waals surface area contributed by atoms with Crippen LogP contribution in [0.4, 0.5) is 9.59 Å². The van der Waals surface area contributed by atoms with Crippen molar-refractivity contribution in [1.82, 2.24) is 15.1 Å². The summed E-state index contributed by atoms with van der Waals surface area (Å²) in [5.74, 6) is -0.142. The zero-order chi connectivity index (χ0) is 24.6. The Balaban J connectivity index is 1.36. The third-order valence-electron chi connectivity index (χ3n) is 6.94. The zero-order valence-electron chi connectivity index (χ0n) is 20.5. The number of piperazine rings is 1. The third-order valence-corrected chi connectivity index (χ3v) is 6.94. The van der Waals surface area contributed by atoms with E-state index in [0.717, 1.165) is 24.8 Å². The molecule has 186 valence electrons. The van der Waals surface area contributed by atoms with E-state index in [1.807, 2.05) is 51.1 Å². The van der Waals surface area contributed by atoms with Crippen molar-refractivity contribution in [3.8, 4) is 0 Å². The first-order chi connectivity index (χ1) is 16.0. The number of hydrogen-bond acceptors (Lipinski definition) is 7. The molecule has 0 radical (unpaired) electrons. The number of esters is 1. The van der Waals surface area contributed by atoms with Crippen molar-refractivity contribution in [2.45, 2.75) is 63.8 Å². The number of methoxy groups -OCH3 is 1. The summed E-state index contributed by atoms with van der Waals surface area (Å²) in [4.78, 5) is 41.0. The maximum absolute atomic E-state index is 12.9. The second kappa shape index (κ2) is 9.09. The molecular formula is C25H35N3O6. The van der Waals surface area contributed by atoms with Gasteiger partial charge in [0.15, 0.2) is 0 Å². The normalized spacial score (nSPS) is 27.8. The van der Waals surface area contributed by atoms with E-state index in [2.05, 4.69) is 5.32 Å².